The Morgan fingerprint density at radius 2 is 1.76 bits per heavy atom. The average molecular weight is 330 g/mol. The van der Waals surface area contributed by atoms with Gasteiger partial charge in [0.1, 0.15) is 23.1 Å². The number of nitrogens with zero attached hydrogens (tertiary/aromatic N) is 3. The summed E-state index contributed by atoms with van der Waals surface area (Å²) >= 11 is 0. The maximum atomic E-state index is 9.35. The zero-order valence-electron chi connectivity index (χ0n) is 14.2. The molecule has 0 fully saturated rings. The molecule has 124 valence electrons. The number of anilines is 1. The zero-order valence-corrected chi connectivity index (χ0v) is 14.2. The number of benzene rings is 2. The molecule has 0 saturated heterocycles. The number of hydrogen-bond donors (Lipinski definition) is 1. The number of ether oxygens (including phenoxy) is 1. The van der Waals surface area contributed by atoms with Gasteiger partial charge in [0.25, 0.3) is 0 Å². The minimum absolute atomic E-state index is 0.500. The average Bonchev–Trinajstić information content (AvgIpc) is 2.64. The summed E-state index contributed by atoms with van der Waals surface area (Å²) in [5.41, 5.74) is 3.17. The monoisotopic (exact) mass is 330 g/mol. The van der Waals surface area contributed by atoms with Crippen molar-refractivity contribution in [3.8, 4) is 17.6 Å². The third kappa shape index (κ3) is 3.93. The molecule has 0 bridgehead atoms. The second-order valence-corrected chi connectivity index (χ2v) is 5.66. The van der Waals surface area contributed by atoms with Gasteiger partial charge in [-0.2, -0.15) is 10.4 Å². The van der Waals surface area contributed by atoms with Crippen molar-refractivity contribution >= 4 is 5.82 Å². The summed E-state index contributed by atoms with van der Waals surface area (Å²) < 4.78 is 5.84. The number of aryl methyl sites for hydroxylation is 1. The predicted molar refractivity (Wildman–Crippen MR) is 96.5 cm³/mol. The molecule has 5 heteroatoms. The summed E-state index contributed by atoms with van der Waals surface area (Å²) in [5, 5.41) is 20.7. The van der Waals surface area contributed by atoms with E-state index >= 15 is 0 Å². The van der Waals surface area contributed by atoms with Crippen LogP contribution in [0.4, 0.5) is 5.82 Å². The molecular formula is C20H18N4O. The molecule has 25 heavy (non-hydrogen) atoms. The molecule has 0 aliphatic heterocycles. The van der Waals surface area contributed by atoms with Crippen LogP contribution in [0.25, 0.3) is 0 Å². The molecule has 1 heterocycles. The predicted octanol–water partition coefficient (Wildman–Crippen LogP) is 4.37. The normalized spacial score (nSPS) is 10.1. The molecule has 0 aliphatic carbocycles. The van der Waals surface area contributed by atoms with Crippen molar-refractivity contribution in [3.63, 3.8) is 0 Å². The minimum atomic E-state index is 0.500. The van der Waals surface area contributed by atoms with E-state index in [1.54, 1.807) is 0 Å². The summed E-state index contributed by atoms with van der Waals surface area (Å²) in [4.78, 5) is 0. The Morgan fingerprint density at radius 3 is 2.52 bits per heavy atom. The maximum Gasteiger partial charge on any atom is 0.167 e. The van der Waals surface area contributed by atoms with Gasteiger partial charge in [-0.05, 0) is 49.2 Å². The molecule has 2 aromatic carbocycles. The number of aromatic nitrogens is 2. The SMILES string of the molecule is Cc1nnc(NCc2cccc(Oc3ccccc3)c2)c(C#N)c1C. The molecule has 0 unspecified atom stereocenters. The first-order valence-electron chi connectivity index (χ1n) is 7.97. The van der Waals surface area contributed by atoms with E-state index in [1.165, 1.54) is 0 Å². The second-order valence-electron chi connectivity index (χ2n) is 5.66. The molecule has 0 atom stereocenters. The summed E-state index contributed by atoms with van der Waals surface area (Å²) in [6.45, 7) is 4.25. The highest BCUT2D eigenvalue weighted by molar-refractivity contribution is 5.56. The molecular weight excluding hydrogens is 312 g/mol. The fraction of sp³-hybridized carbons (Fsp3) is 0.150. The lowest BCUT2D eigenvalue weighted by Crippen LogP contribution is -2.07. The van der Waals surface area contributed by atoms with Crippen LogP contribution in [0.1, 0.15) is 22.4 Å². The van der Waals surface area contributed by atoms with E-state index < -0.39 is 0 Å². The van der Waals surface area contributed by atoms with Crippen molar-refractivity contribution in [1.82, 2.24) is 10.2 Å². The second kappa shape index (κ2) is 7.45. The quantitative estimate of drug-likeness (QED) is 0.752. The summed E-state index contributed by atoms with van der Waals surface area (Å²) in [6.07, 6.45) is 0. The number of rotatable bonds is 5. The number of para-hydroxylation sites is 1. The van der Waals surface area contributed by atoms with E-state index in [1.807, 2.05) is 68.4 Å². The highest BCUT2D eigenvalue weighted by atomic mass is 16.5. The van der Waals surface area contributed by atoms with Gasteiger partial charge in [0, 0.05) is 6.54 Å². The molecule has 0 saturated carbocycles. The third-order valence-corrected chi connectivity index (χ3v) is 3.90. The largest absolute Gasteiger partial charge is 0.457 e. The summed E-state index contributed by atoms with van der Waals surface area (Å²) in [5.74, 6) is 2.05. The Labute approximate surface area is 146 Å². The molecule has 0 amide bonds. The van der Waals surface area contributed by atoms with Gasteiger partial charge >= 0.3 is 0 Å². The topological polar surface area (TPSA) is 70.8 Å². The molecule has 5 nitrogen and oxygen atoms in total. The fourth-order valence-electron chi connectivity index (χ4n) is 2.40. The summed E-state index contributed by atoms with van der Waals surface area (Å²) in [6, 6.07) is 19.6. The minimum Gasteiger partial charge on any atom is -0.457 e. The van der Waals surface area contributed by atoms with E-state index in [0.717, 1.165) is 28.3 Å². The standard InChI is InChI=1S/C20H18N4O/c1-14-15(2)23-24-20(19(14)12-21)22-13-16-7-6-10-18(11-16)25-17-8-4-3-5-9-17/h3-11H,13H2,1-2H3,(H,22,24). The van der Waals surface area contributed by atoms with E-state index in [-0.39, 0.29) is 0 Å². The van der Waals surface area contributed by atoms with Crippen LogP contribution in [-0.4, -0.2) is 10.2 Å². The van der Waals surface area contributed by atoms with Crippen molar-refractivity contribution in [2.24, 2.45) is 0 Å². The van der Waals surface area contributed by atoms with Gasteiger partial charge in [-0.1, -0.05) is 30.3 Å². The maximum absolute atomic E-state index is 9.35. The van der Waals surface area contributed by atoms with E-state index in [0.29, 0.717) is 17.9 Å². The smallest absolute Gasteiger partial charge is 0.167 e. The van der Waals surface area contributed by atoms with Crippen LogP contribution in [0, 0.1) is 25.2 Å². The van der Waals surface area contributed by atoms with Crippen molar-refractivity contribution in [1.29, 1.82) is 5.26 Å². The lowest BCUT2D eigenvalue weighted by atomic mass is 10.1. The van der Waals surface area contributed by atoms with Gasteiger partial charge in [0.15, 0.2) is 5.82 Å². The molecule has 3 rings (SSSR count). The Hall–Kier alpha value is -3.39. The van der Waals surface area contributed by atoms with Gasteiger partial charge in [0.2, 0.25) is 0 Å². The van der Waals surface area contributed by atoms with Crippen LogP contribution >= 0.6 is 0 Å². The Morgan fingerprint density at radius 1 is 1.00 bits per heavy atom. The van der Waals surface area contributed by atoms with Crippen molar-refractivity contribution in [2.45, 2.75) is 20.4 Å². The van der Waals surface area contributed by atoms with E-state index in [2.05, 4.69) is 21.6 Å². The van der Waals surface area contributed by atoms with E-state index in [4.69, 9.17) is 4.74 Å². The first kappa shape index (κ1) is 16.5. The first-order chi connectivity index (χ1) is 12.2. The first-order valence-corrected chi connectivity index (χ1v) is 7.97. The third-order valence-electron chi connectivity index (χ3n) is 3.90. The summed E-state index contributed by atoms with van der Waals surface area (Å²) in [7, 11) is 0. The molecule has 1 N–H and O–H groups in total. The van der Waals surface area contributed by atoms with Gasteiger partial charge < -0.3 is 10.1 Å². The van der Waals surface area contributed by atoms with Gasteiger partial charge in [0.05, 0.1) is 5.69 Å². The Kier molecular flexibility index (Phi) is 4.91. The van der Waals surface area contributed by atoms with Gasteiger partial charge in [-0.25, -0.2) is 0 Å². The molecule has 0 spiro atoms. The number of hydrogen-bond acceptors (Lipinski definition) is 5. The van der Waals surface area contributed by atoms with Crippen LogP contribution in [0.2, 0.25) is 0 Å². The lowest BCUT2D eigenvalue weighted by Gasteiger charge is -2.11. The molecule has 1 aromatic heterocycles. The molecule has 3 aromatic rings. The van der Waals surface area contributed by atoms with Crippen LogP contribution in [0.15, 0.2) is 54.6 Å². The lowest BCUT2D eigenvalue weighted by molar-refractivity contribution is 0.482. The van der Waals surface area contributed by atoms with Gasteiger partial charge in [-0.3, -0.25) is 0 Å². The highest BCUT2D eigenvalue weighted by Gasteiger charge is 2.10. The van der Waals surface area contributed by atoms with Crippen LogP contribution in [-0.2, 0) is 6.54 Å². The van der Waals surface area contributed by atoms with Crippen molar-refractivity contribution in [2.75, 3.05) is 5.32 Å². The molecule has 0 radical (unpaired) electrons. The van der Waals surface area contributed by atoms with Crippen molar-refractivity contribution in [3.05, 3.63) is 77.0 Å². The fourth-order valence-corrected chi connectivity index (χ4v) is 2.40. The number of nitriles is 1. The van der Waals surface area contributed by atoms with Gasteiger partial charge in [-0.15, -0.1) is 5.10 Å². The highest BCUT2D eigenvalue weighted by Crippen LogP contribution is 2.23. The Bertz CT molecular complexity index is 917. The Balaban J connectivity index is 1.73. The van der Waals surface area contributed by atoms with Crippen LogP contribution in [0.3, 0.4) is 0 Å². The number of nitrogens with one attached hydrogen (secondary N) is 1. The zero-order chi connectivity index (χ0) is 17.6. The van der Waals surface area contributed by atoms with Crippen molar-refractivity contribution < 1.29 is 4.74 Å². The van der Waals surface area contributed by atoms with Crippen LogP contribution < -0.4 is 10.1 Å². The van der Waals surface area contributed by atoms with E-state index in [9.17, 15) is 5.26 Å². The van der Waals surface area contributed by atoms with Crippen LogP contribution in [0.5, 0.6) is 11.5 Å². The molecule has 0 aliphatic rings.